The number of H-pyrrole nitrogens is 1. The summed E-state index contributed by atoms with van der Waals surface area (Å²) in [6, 6.07) is 21.7. The quantitative estimate of drug-likeness (QED) is 0.234. The van der Waals surface area contributed by atoms with E-state index in [1.54, 1.807) is 30.2 Å². The fourth-order valence-electron chi connectivity index (χ4n) is 4.77. The summed E-state index contributed by atoms with van der Waals surface area (Å²) < 4.78 is 5.58. The first-order valence-electron chi connectivity index (χ1n) is 11.5. The van der Waals surface area contributed by atoms with Crippen molar-refractivity contribution in [2.45, 2.75) is 19.4 Å². The summed E-state index contributed by atoms with van der Waals surface area (Å²) in [5.74, 6) is -0.965. The molecule has 0 aliphatic carbocycles. The topological polar surface area (TPSA) is 82.6 Å². The van der Waals surface area contributed by atoms with Gasteiger partial charge in [0.25, 0.3) is 11.7 Å². The maximum absolute atomic E-state index is 13.3. The van der Waals surface area contributed by atoms with E-state index in [2.05, 4.69) is 4.98 Å². The standard InChI is InChI=1S/C29H26N2O4/c1-18-11-13-19(14-12-18)27(32)25-26(22-8-4-6-10-24(22)35-2)31(29(34)28(25)33)16-15-20-17-30-23-9-5-3-7-21(20)23/h3-14,17,26,30,32H,15-16H2,1-2H3/t26-/m0/s1. The van der Waals surface area contributed by atoms with Crippen LogP contribution in [-0.2, 0) is 16.0 Å². The van der Waals surface area contributed by atoms with Crippen molar-refractivity contribution < 1.29 is 19.4 Å². The molecule has 0 unspecified atom stereocenters. The Morgan fingerprint density at radius 2 is 1.71 bits per heavy atom. The van der Waals surface area contributed by atoms with E-state index in [-0.39, 0.29) is 11.3 Å². The molecule has 0 bridgehead atoms. The SMILES string of the molecule is COc1ccccc1[C@H]1C(=C(O)c2ccc(C)cc2)C(=O)C(=O)N1CCc1c[nH]c2ccccc12. The molecule has 1 saturated heterocycles. The number of likely N-dealkylation sites (tertiary alicyclic amines) is 1. The number of rotatable bonds is 6. The van der Waals surface area contributed by atoms with Gasteiger partial charge in [-0.15, -0.1) is 0 Å². The Balaban J connectivity index is 1.59. The number of ketones is 1. The molecule has 6 heteroatoms. The van der Waals surface area contributed by atoms with E-state index in [0.717, 1.165) is 22.0 Å². The van der Waals surface area contributed by atoms with E-state index in [1.165, 1.54) is 0 Å². The molecule has 2 N–H and O–H groups in total. The maximum Gasteiger partial charge on any atom is 0.295 e. The molecule has 1 aromatic heterocycles. The Hall–Kier alpha value is -4.32. The van der Waals surface area contributed by atoms with E-state index in [9.17, 15) is 14.7 Å². The van der Waals surface area contributed by atoms with Gasteiger partial charge in [0.05, 0.1) is 18.7 Å². The number of hydrogen-bond donors (Lipinski definition) is 2. The molecule has 35 heavy (non-hydrogen) atoms. The number of amides is 1. The molecule has 0 spiro atoms. The number of fused-ring (bicyclic) bond motifs is 1. The van der Waals surface area contributed by atoms with Gasteiger partial charge in [-0.3, -0.25) is 9.59 Å². The number of para-hydroxylation sites is 2. The number of nitrogens with one attached hydrogen (secondary N) is 1. The lowest BCUT2D eigenvalue weighted by atomic mass is 9.94. The zero-order valence-corrected chi connectivity index (χ0v) is 19.6. The highest BCUT2D eigenvalue weighted by atomic mass is 16.5. The molecule has 1 aliphatic rings. The minimum absolute atomic E-state index is 0.0716. The summed E-state index contributed by atoms with van der Waals surface area (Å²) in [7, 11) is 1.55. The van der Waals surface area contributed by atoms with Gasteiger partial charge in [0.1, 0.15) is 11.5 Å². The van der Waals surface area contributed by atoms with Crippen LogP contribution < -0.4 is 4.74 Å². The van der Waals surface area contributed by atoms with Gasteiger partial charge in [0, 0.05) is 34.8 Å². The van der Waals surface area contributed by atoms with Gasteiger partial charge < -0.3 is 19.7 Å². The van der Waals surface area contributed by atoms with Crippen molar-refractivity contribution in [2.24, 2.45) is 0 Å². The number of benzene rings is 3. The molecule has 1 fully saturated rings. The number of aliphatic hydroxyl groups excluding tert-OH is 1. The summed E-state index contributed by atoms with van der Waals surface area (Å²) in [6.45, 7) is 2.25. The predicted octanol–water partition coefficient (Wildman–Crippen LogP) is 5.15. The molecule has 0 saturated carbocycles. The van der Waals surface area contributed by atoms with E-state index in [4.69, 9.17) is 4.74 Å². The van der Waals surface area contributed by atoms with E-state index in [0.29, 0.717) is 29.8 Å². The highest BCUT2D eigenvalue weighted by molar-refractivity contribution is 6.46. The number of hydrogen-bond acceptors (Lipinski definition) is 4. The number of Topliss-reactive ketones (excluding diaryl/α,β-unsaturated/α-hetero) is 1. The lowest BCUT2D eigenvalue weighted by Crippen LogP contribution is -2.31. The number of aliphatic hydroxyl groups is 1. The number of carbonyl (C=O) groups is 2. The maximum atomic E-state index is 13.3. The smallest absolute Gasteiger partial charge is 0.295 e. The number of ether oxygens (including phenoxy) is 1. The number of nitrogens with zero attached hydrogens (tertiary/aromatic N) is 1. The van der Waals surface area contributed by atoms with Crippen LogP contribution in [0, 0.1) is 6.92 Å². The molecule has 5 rings (SSSR count). The van der Waals surface area contributed by atoms with Gasteiger partial charge in [-0.1, -0.05) is 66.2 Å². The predicted molar refractivity (Wildman–Crippen MR) is 135 cm³/mol. The minimum atomic E-state index is -0.766. The van der Waals surface area contributed by atoms with Gasteiger partial charge >= 0.3 is 0 Å². The second-order valence-corrected chi connectivity index (χ2v) is 8.71. The Morgan fingerprint density at radius 1 is 1.00 bits per heavy atom. The fourth-order valence-corrected chi connectivity index (χ4v) is 4.77. The van der Waals surface area contributed by atoms with Crippen molar-refractivity contribution in [2.75, 3.05) is 13.7 Å². The van der Waals surface area contributed by atoms with E-state index >= 15 is 0 Å². The van der Waals surface area contributed by atoms with Crippen LogP contribution in [0.2, 0.25) is 0 Å². The molecular formula is C29H26N2O4. The van der Waals surface area contributed by atoms with Crippen LogP contribution in [0.25, 0.3) is 16.7 Å². The van der Waals surface area contributed by atoms with Crippen molar-refractivity contribution in [3.05, 3.63) is 107 Å². The highest BCUT2D eigenvalue weighted by Crippen LogP contribution is 2.42. The van der Waals surface area contributed by atoms with Crippen molar-refractivity contribution in [1.82, 2.24) is 9.88 Å². The van der Waals surface area contributed by atoms with Crippen molar-refractivity contribution in [3.8, 4) is 5.75 Å². The zero-order chi connectivity index (χ0) is 24.5. The first-order chi connectivity index (χ1) is 17.0. The third-order valence-corrected chi connectivity index (χ3v) is 6.60. The molecule has 1 aliphatic heterocycles. The molecule has 4 aromatic rings. The summed E-state index contributed by atoms with van der Waals surface area (Å²) in [6.07, 6.45) is 2.49. The number of aromatic amines is 1. The minimum Gasteiger partial charge on any atom is -0.507 e. The molecular weight excluding hydrogens is 440 g/mol. The van der Waals surface area contributed by atoms with E-state index < -0.39 is 17.7 Å². The molecule has 3 aromatic carbocycles. The Bertz CT molecular complexity index is 1450. The molecule has 0 radical (unpaired) electrons. The van der Waals surface area contributed by atoms with Gasteiger partial charge in [-0.25, -0.2) is 0 Å². The van der Waals surface area contributed by atoms with E-state index in [1.807, 2.05) is 67.7 Å². The second-order valence-electron chi connectivity index (χ2n) is 8.71. The molecule has 1 amide bonds. The summed E-state index contributed by atoms with van der Waals surface area (Å²) in [5.41, 5.74) is 4.32. The lowest BCUT2D eigenvalue weighted by Gasteiger charge is -2.26. The summed E-state index contributed by atoms with van der Waals surface area (Å²) >= 11 is 0. The second kappa shape index (κ2) is 9.14. The fraction of sp³-hybridized carbons (Fsp3) is 0.172. The van der Waals surface area contributed by atoms with Crippen LogP contribution in [0.1, 0.15) is 28.3 Å². The van der Waals surface area contributed by atoms with Crippen LogP contribution >= 0.6 is 0 Å². The number of aromatic nitrogens is 1. The lowest BCUT2D eigenvalue weighted by molar-refractivity contribution is -0.139. The molecule has 1 atom stereocenters. The van der Waals surface area contributed by atoms with Gasteiger partial charge in [0.15, 0.2) is 0 Å². The zero-order valence-electron chi connectivity index (χ0n) is 19.6. The average molecular weight is 467 g/mol. The largest absolute Gasteiger partial charge is 0.507 e. The Morgan fingerprint density at radius 3 is 2.49 bits per heavy atom. The first-order valence-corrected chi connectivity index (χ1v) is 11.5. The van der Waals surface area contributed by atoms with Gasteiger partial charge in [-0.05, 0) is 31.0 Å². The van der Waals surface area contributed by atoms with Crippen molar-refractivity contribution in [3.63, 3.8) is 0 Å². The number of aryl methyl sites for hydroxylation is 1. The highest BCUT2D eigenvalue weighted by Gasteiger charge is 2.46. The molecule has 2 heterocycles. The average Bonchev–Trinajstić information content (AvgIpc) is 3.41. The van der Waals surface area contributed by atoms with Crippen LogP contribution in [-0.4, -0.2) is 40.3 Å². The number of methoxy groups -OCH3 is 1. The third kappa shape index (κ3) is 3.97. The van der Waals surface area contributed by atoms with Crippen molar-refractivity contribution >= 4 is 28.4 Å². The van der Waals surface area contributed by atoms with Crippen LogP contribution in [0.5, 0.6) is 5.75 Å². The summed E-state index contributed by atoms with van der Waals surface area (Å²) in [4.78, 5) is 31.4. The van der Waals surface area contributed by atoms with Gasteiger partial charge in [-0.2, -0.15) is 0 Å². The van der Waals surface area contributed by atoms with Crippen LogP contribution in [0.3, 0.4) is 0 Å². The van der Waals surface area contributed by atoms with Crippen molar-refractivity contribution in [1.29, 1.82) is 0 Å². The third-order valence-electron chi connectivity index (χ3n) is 6.60. The van der Waals surface area contributed by atoms with Crippen LogP contribution in [0.4, 0.5) is 0 Å². The Kier molecular flexibility index (Phi) is 5.87. The summed E-state index contributed by atoms with van der Waals surface area (Å²) in [5, 5.41) is 12.3. The first kappa shape index (κ1) is 22.5. The van der Waals surface area contributed by atoms with Gasteiger partial charge in [0.2, 0.25) is 0 Å². The molecule has 176 valence electrons. The number of carbonyl (C=O) groups excluding carboxylic acids is 2. The normalized spacial score (nSPS) is 17.3. The monoisotopic (exact) mass is 466 g/mol. The molecule has 6 nitrogen and oxygen atoms in total. The van der Waals surface area contributed by atoms with Crippen LogP contribution in [0.15, 0.2) is 84.6 Å². The Labute approximate surface area is 203 Å².